The smallest absolute Gasteiger partial charge is 0.258 e. The first-order chi connectivity index (χ1) is 9.60. The van der Waals surface area contributed by atoms with Crippen LogP contribution in [0.5, 0.6) is 0 Å². The standard InChI is InChI=1S/C13H8Cl2N4O/c14-11-7-10(12(15)19-18-11)13(20)17-9-3-1-8(2-4-9)5-6-16/h1-4,7H,5H2,(H,17,20). The zero-order valence-corrected chi connectivity index (χ0v) is 11.6. The number of benzene rings is 1. The van der Waals surface area contributed by atoms with Gasteiger partial charge in [0.2, 0.25) is 0 Å². The van der Waals surface area contributed by atoms with E-state index in [-0.39, 0.29) is 15.9 Å². The molecule has 0 aliphatic carbocycles. The molecule has 20 heavy (non-hydrogen) atoms. The van der Waals surface area contributed by atoms with Gasteiger partial charge in [-0.25, -0.2) is 0 Å². The number of carbonyl (C=O) groups excluding carboxylic acids is 1. The Kier molecular flexibility index (Phi) is 4.51. The van der Waals surface area contributed by atoms with Crippen molar-refractivity contribution in [1.82, 2.24) is 10.2 Å². The van der Waals surface area contributed by atoms with Gasteiger partial charge in [-0.1, -0.05) is 35.3 Å². The monoisotopic (exact) mass is 306 g/mol. The zero-order valence-electron chi connectivity index (χ0n) is 10.1. The summed E-state index contributed by atoms with van der Waals surface area (Å²) >= 11 is 11.5. The lowest BCUT2D eigenvalue weighted by Crippen LogP contribution is -2.13. The van der Waals surface area contributed by atoms with Gasteiger partial charge in [0.05, 0.1) is 18.1 Å². The van der Waals surface area contributed by atoms with Gasteiger partial charge in [-0.15, -0.1) is 10.2 Å². The number of halogens is 2. The van der Waals surface area contributed by atoms with E-state index in [0.29, 0.717) is 12.1 Å². The topological polar surface area (TPSA) is 78.7 Å². The highest BCUT2D eigenvalue weighted by Gasteiger charge is 2.13. The Balaban J connectivity index is 2.15. The Morgan fingerprint density at radius 1 is 1.25 bits per heavy atom. The molecule has 0 atom stereocenters. The van der Waals surface area contributed by atoms with E-state index in [0.717, 1.165) is 5.56 Å². The molecule has 2 aromatic rings. The van der Waals surface area contributed by atoms with E-state index in [1.165, 1.54) is 6.07 Å². The highest BCUT2D eigenvalue weighted by atomic mass is 35.5. The van der Waals surface area contributed by atoms with Gasteiger partial charge in [0.1, 0.15) is 0 Å². The fourth-order valence-corrected chi connectivity index (χ4v) is 1.83. The fraction of sp³-hybridized carbons (Fsp3) is 0.0769. The van der Waals surface area contributed by atoms with Gasteiger partial charge < -0.3 is 5.32 Å². The first kappa shape index (κ1) is 14.3. The number of aromatic nitrogens is 2. The van der Waals surface area contributed by atoms with E-state index < -0.39 is 5.91 Å². The molecule has 0 unspecified atom stereocenters. The fourth-order valence-electron chi connectivity index (χ4n) is 1.51. The maximum Gasteiger partial charge on any atom is 0.258 e. The van der Waals surface area contributed by atoms with Crippen molar-refractivity contribution in [2.45, 2.75) is 6.42 Å². The molecule has 100 valence electrons. The van der Waals surface area contributed by atoms with Crippen LogP contribution in [0.15, 0.2) is 30.3 Å². The van der Waals surface area contributed by atoms with Crippen molar-refractivity contribution >= 4 is 34.8 Å². The second-order valence-corrected chi connectivity index (χ2v) is 4.60. The van der Waals surface area contributed by atoms with Crippen LogP contribution in [0.1, 0.15) is 15.9 Å². The van der Waals surface area contributed by atoms with Gasteiger partial charge in [0.15, 0.2) is 10.3 Å². The van der Waals surface area contributed by atoms with Crippen molar-refractivity contribution < 1.29 is 4.79 Å². The van der Waals surface area contributed by atoms with Crippen molar-refractivity contribution in [2.24, 2.45) is 0 Å². The molecule has 1 aromatic heterocycles. The van der Waals surface area contributed by atoms with Crippen LogP contribution in [-0.4, -0.2) is 16.1 Å². The number of carbonyl (C=O) groups is 1. The average molecular weight is 307 g/mol. The minimum absolute atomic E-state index is 0.0204. The number of hydrogen-bond acceptors (Lipinski definition) is 4. The van der Waals surface area contributed by atoms with Gasteiger partial charge in [-0.05, 0) is 23.8 Å². The van der Waals surface area contributed by atoms with E-state index in [2.05, 4.69) is 15.5 Å². The third-order valence-electron chi connectivity index (χ3n) is 2.46. The summed E-state index contributed by atoms with van der Waals surface area (Å²) in [5.74, 6) is -0.431. The molecular formula is C13H8Cl2N4O. The number of hydrogen-bond donors (Lipinski definition) is 1. The Hall–Kier alpha value is -2.16. The summed E-state index contributed by atoms with van der Waals surface area (Å²) in [5.41, 5.74) is 1.60. The molecular weight excluding hydrogens is 299 g/mol. The van der Waals surface area contributed by atoms with Crippen LogP contribution in [0, 0.1) is 11.3 Å². The molecule has 0 bridgehead atoms. The summed E-state index contributed by atoms with van der Waals surface area (Å²) in [6, 6.07) is 10.3. The summed E-state index contributed by atoms with van der Waals surface area (Å²) in [7, 11) is 0. The molecule has 0 fully saturated rings. The molecule has 0 aliphatic heterocycles. The summed E-state index contributed by atoms with van der Waals surface area (Å²) < 4.78 is 0. The molecule has 0 radical (unpaired) electrons. The predicted octanol–water partition coefficient (Wildman–Crippen LogP) is 3.10. The lowest BCUT2D eigenvalue weighted by molar-refractivity contribution is 0.102. The Morgan fingerprint density at radius 2 is 1.95 bits per heavy atom. The average Bonchev–Trinajstić information content (AvgIpc) is 2.44. The first-order valence-corrected chi connectivity index (χ1v) is 6.31. The molecule has 0 aliphatic rings. The van der Waals surface area contributed by atoms with Gasteiger partial charge in [0, 0.05) is 5.69 Å². The quantitative estimate of drug-likeness (QED) is 0.945. The number of nitriles is 1. The summed E-state index contributed by atoms with van der Waals surface area (Å²) in [5, 5.41) is 18.4. The largest absolute Gasteiger partial charge is 0.322 e. The van der Waals surface area contributed by atoms with Gasteiger partial charge >= 0.3 is 0 Å². The SMILES string of the molecule is N#CCc1ccc(NC(=O)c2cc(Cl)nnc2Cl)cc1. The third-order valence-corrected chi connectivity index (χ3v) is 2.92. The third kappa shape index (κ3) is 3.44. The Morgan fingerprint density at radius 3 is 2.60 bits per heavy atom. The second kappa shape index (κ2) is 6.33. The summed E-state index contributed by atoms with van der Waals surface area (Å²) in [6.07, 6.45) is 0.323. The number of anilines is 1. The van der Waals surface area contributed by atoms with Crippen LogP contribution >= 0.6 is 23.2 Å². The minimum atomic E-state index is -0.431. The van der Waals surface area contributed by atoms with Crippen molar-refractivity contribution in [1.29, 1.82) is 5.26 Å². The van der Waals surface area contributed by atoms with Crippen LogP contribution in [-0.2, 0) is 6.42 Å². The molecule has 0 spiro atoms. The van der Waals surface area contributed by atoms with Crippen molar-refractivity contribution in [3.63, 3.8) is 0 Å². The molecule has 7 heteroatoms. The van der Waals surface area contributed by atoms with Crippen molar-refractivity contribution in [3.8, 4) is 6.07 Å². The molecule has 1 N–H and O–H groups in total. The molecule has 1 heterocycles. The van der Waals surface area contributed by atoms with Crippen LogP contribution in [0.2, 0.25) is 10.3 Å². The maximum absolute atomic E-state index is 12.0. The van der Waals surface area contributed by atoms with E-state index in [9.17, 15) is 4.79 Å². The Labute approximate surface area is 125 Å². The molecule has 1 aromatic carbocycles. The molecule has 5 nitrogen and oxygen atoms in total. The van der Waals surface area contributed by atoms with Crippen LogP contribution in [0.25, 0.3) is 0 Å². The molecule has 2 rings (SSSR count). The van der Waals surface area contributed by atoms with E-state index in [1.54, 1.807) is 24.3 Å². The lowest BCUT2D eigenvalue weighted by atomic mass is 10.1. The van der Waals surface area contributed by atoms with Gasteiger partial charge in [-0.2, -0.15) is 5.26 Å². The van der Waals surface area contributed by atoms with Crippen LogP contribution in [0.3, 0.4) is 0 Å². The summed E-state index contributed by atoms with van der Waals surface area (Å²) in [6.45, 7) is 0. The number of rotatable bonds is 3. The first-order valence-electron chi connectivity index (χ1n) is 5.56. The Bertz CT molecular complexity index is 680. The lowest BCUT2D eigenvalue weighted by Gasteiger charge is -2.06. The second-order valence-electron chi connectivity index (χ2n) is 3.86. The summed E-state index contributed by atoms with van der Waals surface area (Å²) in [4.78, 5) is 12.0. The highest BCUT2D eigenvalue weighted by molar-refractivity contribution is 6.34. The number of nitrogens with zero attached hydrogens (tertiary/aromatic N) is 3. The number of amides is 1. The van der Waals surface area contributed by atoms with E-state index >= 15 is 0 Å². The molecule has 0 saturated heterocycles. The number of nitrogens with one attached hydrogen (secondary N) is 1. The zero-order chi connectivity index (χ0) is 14.5. The molecule has 0 saturated carbocycles. The normalized spacial score (nSPS) is 9.85. The van der Waals surface area contributed by atoms with Gasteiger partial charge in [0.25, 0.3) is 5.91 Å². The van der Waals surface area contributed by atoms with Crippen molar-refractivity contribution in [2.75, 3.05) is 5.32 Å². The van der Waals surface area contributed by atoms with Crippen LogP contribution < -0.4 is 5.32 Å². The van der Waals surface area contributed by atoms with E-state index in [4.69, 9.17) is 28.5 Å². The van der Waals surface area contributed by atoms with Crippen LogP contribution in [0.4, 0.5) is 5.69 Å². The molecule has 1 amide bonds. The van der Waals surface area contributed by atoms with Crippen molar-refractivity contribution in [3.05, 3.63) is 51.8 Å². The minimum Gasteiger partial charge on any atom is -0.322 e. The maximum atomic E-state index is 12.0. The predicted molar refractivity (Wildman–Crippen MR) is 75.8 cm³/mol. The van der Waals surface area contributed by atoms with E-state index in [1.807, 2.05) is 6.07 Å². The highest BCUT2D eigenvalue weighted by Crippen LogP contribution is 2.18. The van der Waals surface area contributed by atoms with Gasteiger partial charge in [-0.3, -0.25) is 4.79 Å².